The number of nitrogens with zero attached hydrogens (tertiary/aromatic N) is 2. The lowest BCUT2D eigenvalue weighted by Gasteiger charge is -2.18. The van der Waals surface area contributed by atoms with Crippen molar-refractivity contribution in [3.05, 3.63) is 52.6 Å². The topological polar surface area (TPSA) is 73.2 Å². The lowest BCUT2D eigenvalue weighted by atomic mass is 10.0. The Morgan fingerprint density at radius 1 is 1.36 bits per heavy atom. The summed E-state index contributed by atoms with van der Waals surface area (Å²) in [5.41, 5.74) is 1.81. The van der Waals surface area contributed by atoms with E-state index < -0.39 is 6.04 Å². The molecule has 4 rings (SSSR count). The molecule has 1 aromatic heterocycles. The van der Waals surface area contributed by atoms with Gasteiger partial charge in [0.2, 0.25) is 0 Å². The van der Waals surface area contributed by atoms with Crippen LogP contribution in [0.15, 0.2) is 24.3 Å². The zero-order chi connectivity index (χ0) is 20.0. The highest BCUT2D eigenvalue weighted by atomic mass is 19.1. The van der Waals surface area contributed by atoms with Crippen LogP contribution in [0.5, 0.6) is 0 Å². The van der Waals surface area contributed by atoms with Gasteiger partial charge in [0.05, 0.1) is 19.3 Å². The molecule has 0 radical (unpaired) electrons. The standard InChI is InChI=1S/C21H24FN3O3/c1-4-19(26)17-8-18(21(27)23-20-14-9-28-10-15(14)20)25(24-17)12(3)13-6-5-7-16(22)11(13)2/h5-8,12,14-15,20H,4,9-10H2,1-3H3,(H,23,27)/t12-,14-,15+,20?/m1/s1. The number of halogens is 1. The molecule has 1 aliphatic carbocycles. The van der Waals surface area contributed by atoms with Gasteiger partial charge in [-0.25, -0.2) is 4.39 Å². The van der Waals surface area contributed by atoms with Gasteiger partial charge in [-0.05, 0) is 31.0 Å². The first-order valence-electron chi connectivity index (χ1n) is 9.68. The van der Waals surface area contributed by atoms with Crippen LogP contribution >= 0.6 is 0 Å². The van der Waals surface area contributed by atoms with Crippen LogP contribution in [0.4, 0.5) is 4.39 Å². The summed E-state index contributed by atoms with van der Waals surface area (Å²) >= 11 is 0. The first-order chi connectivity index (χ1) is 13.4. The van der Waals surface area contributed by atoms with E-state index >= 15 is 0 Å². The Bertz CT molecular complexity index is 929. The predicted molar refractivity (Wildman–Crippen MR) is 101 cm³/mol. The highest BCUT2D eigenvalue weighted by Crippen LogP contribution is 2.44. The third-order valence-corrected chi connectivity index (χ3v) is 5.95. The van der Waals surface area contributed by atoms with E-state index in [9.17, 15) is 14.0 Å². The first kappa shape index (κ1) is 18.8. The molecule has 2 aliphatic rings. The number of Topliss-reactive ketones (excluding diaryl/α,β-unsaturated/α-hetero) is 1. The summed E-state index contributed by atoms with van der Waals surface area (Å²) < 4.78 is 20.9. The predicted octanol–water partition coefficient (Wildman–Crippen LogP) is 2.91. The van der Waals surface area contributed by atoms with E-state index in [0.29, 0.717) is 42.7 Å². The van der Waals surface area contributed by atoms with Crippen LogP contribution in [0, 0.1) is 24.6 Å². The fraction of sp³-hybridized carbons (Fsp3) is 0.476. The Balaban J connectivity index is 1.66. The maximum Gasteiger partial charge on any atom is 0.269 e. The second kappa shape index (κ2) is 7.13. The van der Waals surface area contributed by atoms with E-state index in [0.717, 1.165) is 5.56 Å². The lowest BCUT2D eigenvalue weighted by molar-refractivity contribution is 0.0916. The van der Waals surface area contributed by atoms with Gasteiger partial charge in [-0.15, -0.1) is 0 Å². The number of carbonyl (C=O) groups excluding carboxylic acids is 2. The third kappa shape index (κ3) is 3.13. The highest BCUT2D eigenvalue weighted by Gasteiger charge is 2.55. The molecule has 1 saturated carbocycles. The second-order valence-electron chi connectivity index (χ2n) is 7.63. The van der Waals surface area contributed by atoms with E-state index in [1.165, 1.54) is 10.7 Å². The number of ketones is 1. The average molecular weight is 385 g/mol. The van der Waals surface area contributed by atoms with Gasteiger partial charge >= 0.3 is 0 Å². The van der Waals surface area contributed by atoms with Crippen molar-refractivity contribution in [1.82, 2.24) is 15.1 Å². The minimum Gasteiger partial charge on any atom is -0.381 e. The average Bonchev–Trinajstić information content (AvgIpc) is 3.10. The normalized spacial score (nSPS) is 23.9. The summed E-state index contributed by atoms with van der Waals surface area (Å²) in [5.74, 6) is 0.0497. The number of fused-ring (bicyclic) bond motifs is 1. The Hall–Kier alpha value is -2.54. The molecule has 2 aromatic rings. The number of amides is 1. The number of ether oxygens (including phenoxy) is 1. The van der Waals surface area contributed by atoms with E-state index in [4.69, 9.17) is 4.74 Å². The molecule has 2 fully saturated rings. The van der Waals surface area contributed by atoms with Crippen molar-refractivity contribution < 1.29 is 18.7 Å². The van der Waals surface area contributed by atoms with Gasteiger partial charge in [-0.3, -0.25) is 14.3 Å². The van der Waals surface area contributed by atoms with Crippen LogP contribution in [0.25, 0.3) is 0 Å². The molecule has 1 aliphatic heterocycles. The van der Waals surface area contributed by atoms with Crippen LogP contribution in [-0.2, 0) is 4.74 Å². The monoisotopic (exact) mass is 385 g/mol. The molecular weight excluding hydrogens is 361 g/mol. The molecule has 1 unspecified atom stereocenters. The van der Waals surface area contributed by atoms with Crippen LogP contribution in [0.1, 0.15) is 58.4 Å². The van der Waals surface area contributed by atoms with Gasteiger partial charge in [-0.1, -0.05) is 19.1 Å². The molecule has 1 saturated heterocycles. The maximum absolute atomic E-state index is 14.0. The van der Waals surface area contributed by atoms with Crippen molar-refractivity contribution in [2.45, 2.75) is 39.3 Å². The maximum atomic E-state index is 14.0. The Labute approximate surface area is 163 Å². The Kier molecular flexibility index (Phi) is 4.79. The van der Waals surface area contributed by atoms with Crippen molar-refractivity contribution in [2.24, 2.45) is 11.8 Å². The van der Waals surface area contributed by atoms with Crippen LogP contribution in [0.2, 0.25) is 0 Å². The second-order valence-corrected chi connectivity index (χ2v) is 7.63. The number of hydrogen-bond donors (Lipinski definition) is 1. The quantitative estimate of drug-likeness (QED) is 0.776. The number of rotatable bonds is 6. The van der Waals surface area contributed by atoms with Gasteiger partial charge in [0, 0.05) is 30.4 Å². The molecule has 28 heavy (non-hydrogen) atoms. The van der Waals surface area contributed by atoms with E-state index in [-0.39, 0.29) is 29.2 Å². The molecule has 1 amide bonds. The molecule has 1 aromatic carbocycles. The Morgan fingerprint density at radius 2 is 2.07 bits per heavy atom. The number of hydrogen-bond acceptors (Lipinski definition) is 4. The molecule has 6 nitrogen and oxygen atoms in total. The molecule has 0 spiro atoms. The molecule has 1 N–H and O–H groups in total. The fourth-order valence-electron chi connectivity index (χ4n) is 4.06. The molecule has 2 heterocycles. The SMILES string of the molecule is CCC(=O)c1cc(C(=O)NC2[C@H]3COC[C@@H]23)n([C@H](C)c2cccc(F)c2C)n1. The van der Waals surface area contributed by atoms with Gasteiger partial charge in [-0.2, -0.15) is 5.10 Å². The van der Waals surface area contributed by atoms with Gasteiger partial charge in [0.25, 0.3) is 5.91 Å². The van der Waals surface area contributed by atoms with Gasteiger partial charge in [0.1, 0.15) is 17.2 Å². The van der Waals surface area contributed by atoms with Gasteiger partial charge in [0.15, 0.2) is 5.78 Å². The summed E-state index contributed by atoms with van der Waals surface area (Å²) in [5, 5.41) is 7.46. The summed E-state index contributed by atoms with van der Waals surface area (Å²) in [6.45, 7) is 6.66. The molecule has 7 heteroatoms. The van der Waals surface area contributed by atoms with Gasteiger partial charge < -0.3 is 10.1 Å². The van der Waals surface area contributed by atoms with E-state index in [1.54, 1.807) is 26.0 Å². The smallest absolute Gasteiger partial charge is 0.269 e. The molecule has 0 bridgehead atoms. The minimum absolute atomic E-state index is 0.112. The lowest BCUT2D eigenvalue weighted by Crippen LogP contribution is -2.32. The number of nitrogens with one attached hydrogen (secondary N) is 1. The fourth-order valence-corrected chi connectivity index (χ4v) is 4.06. The number of benzene rings is 1. The van der Waals surface area contributed by atoms with E-state index in [1.807, 2.05) is 13.0 Å². The van der Waals surface area contributed by atoms with Crippen molar-refractivity contribution >= 4 is 11.7 Å². The molecule has 148 valence electrons. The van der Waals surface area contributed by atoms with Crippen LogP contribution < -0.4 is 5.32 Å². The van der Waals surface area contributed by atoms with Crippen LogP contribution in [-0.4, -0.2) is 40.7 Å². The van der Waals surface area contributed by atoms with Crippen molar-refractivity contribution in [1.29, 1.82) is 0 Å². The number of carbonyl (C=O) groups is 2. The van der Waals surface area contributed by atoms with E-state index in [2.05, 4.69) is 10.4 Å². The summed E-state index contributed by atoms with van der Waals surface area (Å²) in [7, 11) is 0. The number of aromatic nitrogens is 2. The highest BCUT2D eigenvalue weighted by molar-refractivity contribution is 5.99. The van der Waals surface area contributed by atoms with Crippen molar-refractivity contribution in [3.63, 3.8) is 0 Å². The van der Waals surface area contributed by atoms with Crippen molar-refractivity contribution in [3.8, 4) is 0 Å². The summed E-state index contributed by atoms with van der Waals surface area (Å²) in [4.78, 5) is 25.2. The van der Waals surface area contributed by atoms with Crippen LogP contribution in [0.3, 0.4) is 0 Å². The largest absolute Gasteiger partial charge is 0.381 e. The molecular formula is C21H24FN3O3. The third-order valence-electron chi connectivity index (χ3n) is 5.95. The van der Waals surface area contributed by atoms with Crippen molar-refractivity contribution in [2.75, 3.05) is 13.2 Å². The summed E-state index contributed by atoms with van der Waals surface area (Å²) in [6, 6.07) is 6.12. The zero-order valence-corrected chi connectivity index (χ0v) is 16.2. The Morgan fingerprint density at radius 3 is 2.75 bits per heavy atom. The minimum atomic E-state index is -0.392. The zero-order valence-electron chi connectivity index (χ0n) is 16.2. The molecule has 4 atom stereocenters. The first-order valence-corrected chi connectivity index (χ1v) is 9.68. The summed E-state index contributed by atoms with van der Waals surface area (Å²) in [6.07, 6.45) is 0.301.